The molecule has 0 bridgehead atoms. The summed E-state index contributed by atoms with van der Waals surface area (Å²) in [6.07, 6.45) is 6.54. The average molecular weight is 504 g/mol. The van der Waals surface area contributed by atoms with Gasteiger partial charge in [-0.1, -0.05) is 113 Å². The lowest BCUT2D eigenvalue weighted by Crippen LogP contribution is -2.38. The van der Waals surface area contributed by atoms with Crippen molar-refractivity contribution in [1.29, 1.82) is 0 Å². The molecule has 0 amide bonds. The van der Waals surface area contributed by atoms with Crippen LogP contribution < -0.4 is 5.01 Å². The molecule has 34 heavy (non-hydrogen) atoms. The molecule has 1 aromatic heterocycles. The van der Waals surface area contributed by atoms with Crippen molar-refractivity contribution in [3.8, 4) is 0 Å². The van der Waals surface area contributed by atoms with Gasteiger partial charge in [-0.3, -0.25) is 5.01 Å². The molecular formula is C30H22BrN3. The van der Waals surface area contributed by atoms with Gasteiger partial charge in [0.1, 0.15) is 0 Å². The third-order valence-electron chi connectivity index (χ3n) is 6.20. The molecule has 5 aromatic rings. The molecule has 0 saturated heterocycles. The summed E-state index contributed by atoms with van der Waals surface area (Å²) in [5, 5.41) is 8.25. The third-order valence-corrected chi connectivity index (χ3v) is 6.89. The Bertz CT molecular complexity index is 1500. The molecule has 0 aliphatic carbocycles. The van der Waals surface area contributed by atoms with Gasteiger partial charge in [-0.2, -0.15) is 9.89 Å². The van der Waals surface area contributed by atoms with Gasteiger partial charge in [0.15, 0.2) is 0 Å². The van der Waals surface area contributed by atoms with Gasteiger partial charge in [0.2, 0.25) is 0 Å². The summed E-state index contributed by atoms with van der Waals surface area (Å²) in [6, 6.07) is 38.0. The quantitative estimate of drug-likeness (QED) is 0.251. The maximum Gasteiger partial charge on any atom is 0.0966 e. The predicted octanol–water partition coefficient (Wildman–Crippen LogP) is 7.62. The van der Waals surface area contributed by atoms with Gasteiger partial charge in [0.25, 0.3) is 0 Å². The first-order valence-electron chi connectivity index (χ1n) is 11.3. The number of halogens is 1. The topological polar surface area (TPSA) is 21.1 Å². The molecule has 0 N–H and O–H groups in total. The summed E-state index contributed by atoms with van der Waals surface area (Å²) in [4.78, 5) is 2.04. The van der Waals surface area contributed by atoms with Crippen molar-refractivity contribution < 1.29 is 0 Å². The van der Waals surface area contributed by atoms with Crippen molar-refractivity contribution in [2.45, 2.75) is 6.04 Å². The highest BCUT2D eigenvalue weighted by Crippen LogP contribution is 2.39. The SMILES string of the molecule is Brc1cccc2c1cnn2N1C(c2ccccc2)=CC(c2ccccc2)=CC1c1ccccc1. The van der Waals surface area contributed by atoms with E-state index in [1.807, 2.05) is 11.0 Å². The van der Waals surface area contributed by atoms with E-state index >= 15 is 0 Å². The Balaban J connectivity index is 1.62. The van der Waals surface area contributed by atoms with Crippen LogP contribution in [0.4, 0.5) is 0 Å². The van der Waals surface area contributed by atoms with Crippen molar-refractivity contribution in [1.82, 2.24) is 9.89 Å². The van der Waals surface area contributed by atoms with E-state index in [0.29, 0.717) is 0 Å². The van der Waals surface area contributed by atoms with Gasteiger partial charge in [-0.15, -0.1) is 0 Å². The maximum absolute atomic E-state index is 4.87. The van der Waals surface area contributed by atoms with Crippen LogP contribution in [0.15, 0.2) is 132 Å². The second-order valence-corrected chi connectivity index (χ2v) is 9.14. The zero-order valence-electron chi connectivity index (χ0n) is 18.4. The molecule has 1 unspecified atom stereocenters. The maximum atomic E-state index is 4.87. The normalized spacial score (nSPS) is 15.8. The second-order valence-electron chi connectivity index (χ2n) is 8.29. The molecule has 3 nitrogen and oxygen atoms in total. The number of benzene rings is 4. The van der Waals surface area contributed by atoms with Crippen LogP contribution >= 0.6 is 15.9 Å². The van der Waals surface area contributed by atoms with Crippen LogP contribution in [-0.4, -0.2) is 9.89 Å². The molecule has 1 aliphatic heterocycles. The van der Waals surface area contributed by atoms with Gasteiger partial charge < -0.3 is 0 Å². The Hall–Kier alpha value is -3.89. The molecule has 164 valence electrons. The summed E-state index contributed by atoms with van der Waals surface area (Å²) < 4.78 is 1.04. The molecule has 4 heteroatoms. The zero-order valence-corrected chi connectivity index (χ0v) is 20.0. The Morgan fingerprint density at radius 3 is 2.03 bits per heavy atom. The number of fused-ring (bicyclic) bond motifs is 1. The molecule has 6 rings (SSSR count). The molecule has 0 spiro atoms. The highest BCUT2D eigenvalue weighted by molar-refractivity contribution is 9.10. The third kappa shape index (κ3) is 3.66. The van der Waals surface area contributed by atoms with Crippen LogP contribution in [0.3, 0.4) is 0 Å². The highest BCUT2D eigenvalue weighted by Gasteiger charge is 2.30. The minimum absolute atomic E-state index is 0.0429. The van der Waals surface area contributed by atoms with Crippen molar-refractivity contribution in [2.24, 2.45) is 0 Å². The van der Waals surface area contributed by atoms with E-state index in [9.17, 15) is 0 Å². The van der Waals surface area contributed by atoms with E-state index in [0.717, 1.165) is 26.6 Å². The molecular weight excluding hydrogens is 482 g/mol. The molecule has 4 aromatic carbocycles. The first-order chi connectivity index (χ1) is 16.8. The van der Waals surface area contributed by atoms with Crippen LogP contribution in [0.2, 0.25) is 0 Å². The van der Waals surface area contributed by atoms with Gasteiger partial charge in [0.05, 0.1) is 23.5 Å². The first-order valence-corrected chi connectivity index (χ1v) is 12.1. The fourth-order valence-electron chi connectivity index (χ4n) is 4.57. The Kier molecular flexibility index (Phi) is 5.36. The fourth-order valence-corrected chi connectivity index (χ4v) is 5.03. The van der Waals surface area contributed by atoms with E-state index in [2.05, 4.69) is 142 Å². The smallest absolute Gasteiger partial charge is 0.0966 e. The van der Waals surface area contributed by atoms with Crippen LogP contribution in [0, 0.1) is 0 Å². The minimum Gasteiger partial charge on any atom is -0.253 e. The number of allylic oxidation sites excluding steroid dienone is 2. The largest absolute Gasteiger partial charge is 0.253 e. The number of nitrogens with zero attached hydrogens (tertiary/aromatic N) is 3. The summed E-state index contributed by atoms with van der Waals surface area (Å²) in [5.41, 5.74) is 6.89. The summed E-state index contributed by atoms with van der Waals surface area (Å²) in [7, 11) is 0. The van der Waals surface area contributed by atoms with Crippen LogP contribution in [-0.2, 0) is 0 Å². The van der Waals surface area contributed by atoms with Crippen molar-refractivity contribution in [3.63, 3.8) is 0 Å². The van der Waals surface area contributed by atoms with Gasteiger partial charge >= 0.3 is 0 Å². The van der Waals surface area contributed by atoms with Crippen LogP contribution in [0.25, 0.3) is 22.2 Å². The van der Waals surface area contributed by atoms with Crippen molar-refractivity contribution in [3.05, 3.63) is 149 Å². The van der Waals surface area contributed by atoms with Crippen molar-refractivity contribution in [2.75, 3.05) is 5.01 Å². The molecule has 1 atom stereocenters. The van der Waals surface area contributed by atoms with Gasteiger partial charge in [-0.25, -0.2) is 0 Å². The lowest BCUT2D eigenvalue weighted by molar-refractivity contribution is 0.590. The predicted molar refractivity (Wildman–Crippen MR) is 144 cm³/mol. The highest BCUT2D eigenvalue weighted by atomic mass is 79.9. The Labute approximate surface area is 207 Å². The number of hydrogen-bond acceptors (Lipinski definition) is 2. The van der Waals surface area contributed by atoms with E-state index in [1.165, 1.54) is 16.7 Å². The van der Waals surface area contributed by atoms with Gasteiger partial charge in [0, 0.05) is 9.86 Å². The van der Waals surface area contributed by atoms with E-state index in [-0.39, 0.29) is 6.04 Å². The molecule has 1 aliphatic rings. The van der Waals surface area contributed by atoms with Crippen molar-refractivity contribution >= 4 is 38.1 Å². The Morgan fingerprint density at radius 2 is 1.32 bits per heavy atom. The monoisotopic (exact) mass is 503 g/mol. The van der Waals surface area contributed by atoms with E-state index in [4.69, 9.17) is 5.10 Å². The summed E-state index contributed by atoms with van der Waals surface area (Å²) in [6.45, 7) is 0. The van der Waals surface area contributed by atoms with Gasteiger partial charge in [-0.05, 0) is 46.5 Å². The standard InChI is InChI=1S/C30H22BrN3/c31-27-17-10-18-28-26(27)21-32-34(28)33-29(23-13-6-2-7-14-23)19-25(22-11-4-1-5-12-22)20-30(33)24-15-8-3-9-16-24/h1-21,29H. The van der Waals surface area contributed by atoms with Crippen LogP contribution in [0.1, 0.15) is 22.7 Å². The number of aromatic nitrogens is 2. The molecule has 2 heterocycles. The minimum atomic E-state index is -0.0429. The summed E-state index contributed by atoms with van der Waals surface area (Å²) >= 11 is 3.70. The second kappa shape index (κ2) is 8.81. The zero-order chi connectivity index (χ0) is 22.9. The molecule has 0 saturated carbocycles. The van der Waals surface area contributed by atoms with E-state index < -0.39 is 0 Å². The molecule has 0 radical (unpaired) electrons. The molecule has 0 fully saturated rings. The van der Waals surface area contributed by atoms with E-state index in [1.54, 1.807) is 0 Å². The summed E-state index contributed by atoms with van der Waals surface area (Å²) in [5.74, 6) is 0. The number of rotatable bonds is 4. The lowest BCUT2D eigenvalue weighted by Gasteiger charge is -2.37. The lowest BCUT2D eigenvalue weighted by atomic mass is 9.93. The first kappa shape index (κ1) is 20.7. The average Bonchev–Trinajstić information content (AvgIpc) is 3.35. The Morgan fingerprint density at radius 1 is 0.676 bits per heavy atom. The number of hydrogen-bond donors (Lipinski definition) is 0. The van der Waals surface area contributed by atoms with Crippen LogP contribution in [0.5, 0.6) is 0 Å². The fraction of sp³-hybridized carbons (Fsp3) is 0.0333.